The normalized spacial score (nSPS) is 10.1. The van der Waals surface area contributed by atoms with Crippen molar-refractivity contribution in [3.05, 3.63) is 47.0 Å². The molecule has 0 saturated heterocycles. The molecule has 0 saturated carbocycles. The molecule has 0 aliphatic carbocycles. The second kappa shape index (κ2) is 5.76. The van der Waals surface area contributed by atoms with Crippen molar-refractivity contribution in [1.82, 2.24) is 0 Å². The maximum Gasteiger partial charge on any atom is 0.150 e. The SMILES string of the molecule is COc1ccc(-c2ccc(C=O)cc2)c(OC)c1Cl. The van der Waals surface area contributed by atoms with Gasteiger partial charge in [-0.05, 0) is 17.7 Å². The molecule has 0 bridgehead atoms. The second-order valence-corrected chi connectivity index (χ2v) is 4.28. The highest BCUT2D eigenvalue weighted by molar-refractivity contribution is 6.34. The minimum atomic E-state index is 0.432. The van der Waals surface area contributed by atoms with Crippen molar-refractivity contribution in [3.63, 3.8) is 0 Å². The lowest BCUT2D eigenvalue weighted by molar-refractivity contribution is 0.112. The van der Waals surface area contributed by atoms with E-state index in [1.807, 2.05) is 18.2 Å². The molecule has 2 aromatic rings. The van der Waals surface area contributed by atoms with Crippen LogP contribution >= 0.6 is 11.6 Å². The molecule has 4 heteroatoms. The summed E-state index contributed by atoms with van der Waals surface area (Å²) in [6.45, 7) is 0. The van der Waals surface area contributed by atoms with Gasteiger partial charge in [-0.3, -0.25) is 4.79 Å². The van der Waals surface area contributed by atoms with Gasteiger partial charge >= 0.3 is 0 Å². The molecule has 0 aromatic heterocycles. The molecule has 0 radical (unpaired) electrons. The summed E-state index contributed by atoms with van der Waals surface area (Å²) in [7, 11) is 3.11. The predicted molar refractivity (Wildman–Crippen MR) is 75.4 cm³/mol. The van der Waals surface area contributed by atoms with Crippen molar-refractivity contribution in [2.24, 2.45) is 0 Å². The molecule has 98 valence electrons. The number of carbonyl (C=O) groups excluding carboxylic acids is 1. The summed E-state index contributed by atoms with van der Waals surface area (Å²) >= 11 is 6.22. The number of rotatable bonds is 4. The largest absolute Gasteiger partial charge is 0.495 e. The Balaban J connectivity index is 2.54. The zero-order chi connectivity index (χ0) is 13.8. The number of ether oxygens (including phenoxy) is 2. The van der Waals surface area contributed by atoms with E-state index in [9.17, 15) is 4.79 Å². The Morgan fingerprint density at radius 1 is 1.00 bits per heavy atom. The number of hydrogen-bond acceptors (Lipinski definition) is 3. The van der Waals surface area contributed by atoms with Crippen molar-refractivity contribution in [2.75, 3.05) is 14.2 Å². The van der Waals surface area contributed by atoms with Crippen LogP contribution in [0.15, 0.2) is 36.4 Å². The molecular formula is C15H13ClO3. The molecule has 0 unspecified atom stereocenters. The molecular weight excluding hydrogens is 264 g/mol. The zero-order valence-electron chi connectivity index (χ0n) is 10.6. The third-order valence-electron chi connectivity index (χ3n) is 2.84. The summed E-state index contributed by atoms with van der Waals surface area (Å²) in [6.07, 6.45) is 0.808. The first-order chi connectivity index (χ1) is 9.21. The first-order valence-electron chi connectivity index (χ1n) is 5.67. The minimum absolute atomic E-state index is 0.432. The van der Waals surface area contributed by atoms with E-state index >= 15 is 0 Å². The van der Waals surface area contributed by atoms with Crippen LogP contribution < -0.4 is 9.47 Å². The maximum absolute atomic E-state index is 10.7. The van der Waals surface area contributed by atoms with Crippen LogP contribution in [-0.4, -0.2) is 20.5 Å². The van der Waals surface area contributed by atoms with Crippen molar-refractivity contribution >= 4 is 17.9 Å². The van der Waals surface area contributed by atoms with Crippen molar-refractivity contribution in [2.45, 2.75) is 0 Å². The van der Waals surface area contributed by atoms with E-state index < -0.39 is 0 Å². The summed E-state index contributed by atoms with van der Waals surface area (Å²) in [5, 5.41) is 0.432. The Morgan fingerprint density at radius 3 is 2.21 bits per heavy atom. The molecule has 2 aromatic carbocycles. The van der Waals surface area contributed by atoms with Gasteiger partial charge in [0.05, 0.1) is 14.2 Å². The molecule has 0 spiro atoms. The van der Waals surface area contributed by atoms with E-state index in [4.69, 9.17) is 21.1 Å². The number of methoxy groups -OCH3 is 2. The standard InChI is InChI=1S/C15H13ClO3/c1-18-13-8-7-12(15(19-2)14(13)16)11-5-3-10(9-17)4-6-11/h3-9H,1-2H3. The van der Waals surface area contributed by atoms with Crippen LogP contribution in [0.4, 0.5) is 0 Å². The zero-order valence-corrected chi connectivity index (χ0v) is 11.4. The molecule has 0 fully saturated rings. The van der Waals surface area contributed by atoms with Gasteiger partial charge < -0.3 is 9.47 Å². The smallest absolute Gasteiger partial charge is 0.150 e. The quantitative estimate of drug-likeness (QED) is 0.796. The lowest BCUT2D eigenvalue weighted by Crippen LogP contribution is -1.93. The summed E-state index contributed by atoms with van der Waals surface area (Å²) in [5.74, 6) is 1.12. The first kappa shape index (κ1) is 13.4. The highest BCUT2D eigenvalue weighted by Gasteiger charge is 2.14. The van der Waals surface area contributed by atoms with Gasteiger partial charge in [0.1, 0.15) is 22.8 Å². The van der Waals surface area contributed by atoms with Gasteiger partial charge in [0.15, 0.2) is 0 Å². The van der Waals surface area contributed by atoms with Crippen LogP contribution in [0.1, 0.15) is 10.4 Å². The van der Waals surface area contributed by atoms with E-state index in [1.165, 1.54) is 0 Å². The summed E-state index contributed by atoms with van der Waals surface area (Å²) < 4.78 is 10.5. The van der Waals surface area contributed by atoms with E-state index in [1.54, 1.807) is 32.4 Å². The first-order valence-corrected chi connectivity index (χ1v) is 6.05. The number of aldehydes is 1. The fourth-order valence-corrected chi connectivity index (χ4v) is 2.18. The molecule has 19 heavy (non-hydrogen) atoms. The number of halogens is 1. The van der Waals surface area contributed by atoms with Crippen molar-refractivity contribution < 1.29 is 14.3 Å². The van der Waals surface area contributed by atoms with Crippen molar-refractivity contribution in [1.29, 1.82) is 0 Å². The Bertz CT molecular complexity index is 591. The lowest BCUT2D eigenvalue weighted by atomic mass is 10.0. The second-order valence-electron chi connectivity index (χ2n) is 3.90. The van der Waals surface area contributed by atoms with Gasteiger partial charge in [-0.1, -0.05) is 35.9 Å². The molecule has 0 N–H and O–H groups in total. The average Bonchev–Trinajstić information content (AvgIpc) is 2.47. The fourth-order valence-electron chi connectivity index (χ4n) is 1.86. The van der Waals surface area contributed by atoms with Gasteiger partial charge in [-0.2, -0.15) is 0 Å². The highest BCUT2D eigenvalue weighted by Crippen LogP contribution is 2.41. The molecule has 0 atom stereocenters. The van der Waals surface area contributed by atoms with Crippen LogP contribution in [0, 0.1) is 0 Å². The Hall–Kier alpha value is -2.00. The van der Waals surface area contributed by atoms with E-state index in [0.29, 0.717) is 22.1 Å². The maximum atomic E-state index is 10.7. The molecule has 0 amide bonds. The Kier molecular flexibility index (Phi) is 4.07. The third-order valence-corrected chi connectivity index (χ3v) is 3.20. The predicted octanol–water partition coefficient (Wildman–Crippen LogP) is 3.84. The summed E-state index contributed by atoms with van der Waals surface area (Å²) in [6, 6.07) is 10.9. The third kappa shape index (κ3) is 2.56. The Labute approximate surface area is 116 Å². The monoisotopic (exact) mass is 276 g/mol. The minimum Gasteiger partial charge on any atom is -0.495 e. The van der Waals surface area contributed by atoms with Gasteiger partial charge in [0.25, 0.3) is 0 Å². The lowest BCUT2D eigenvalue weighted by Gasteiger charge is -2.13. The van der Waals surface area contributed by atoms with Gasteiger partial charge in [0, 0.05) is 11.1 Å². The van der Waals surface area contributed by atoms with Gasteiger partial charge in [-0.25, -0.2) is 0 Å². The molecule has 0 heterocycles. The van der Waals surface area contributed by atoms with Crippen LogP contribution in [0.5, 0.6) is 11.5 Å². The highest BCUT2D eigenvalue weighted by atomic mass is 35.5. The summed E-state index contributed by atoms with van der Waals surface area (Å²) in [4.78, 5) is 10.7. The van der Waals surface area contributed by atoms with Crippen molar-refractivity contribution in [3.8, 4) is 22.6 Å². The number of carbonyl (C=O) groups is 1. The fraction of sp³-hybridized carbons (Fsp3) is 0.133. The van der Waals surface area contributed by atoms with E-state index in [2.05, 4.69) is 0 Å². The van der Waals surface area contributed by atoms with Crippen LogP contribution in [-0.2, 0) is 0 Å². The topological polar surface area (TPSA) is 35.5 Å². The Morgan fingerprint density at radius 2 is 1.68 bits per heavy atom. The van der Waals surface area contributed by atoms with E-state index in [0.717, 1.165) is 17.4 Å². The van der Waals surface area contributed by atoms with Crippen LogP contribution in [0.3, 0.4) is 0 Å². The summed E-state index contributed by atoms with van der Waals surface area (Å²) in [5.41, 5.74) is 2.40. The van der Waals surface area contributed by atoms with Gasteiger partial charge in [-0.15, -0.1) is 0 Å². The molecule has 2 rings (SSSR count). The van der Waals surface area contributed by atoms with Crippen LogP contribution in [0.2, 0.25) is 5.02 Å². The number of hydrogen-bond donors (Lipinski definition) is 0. The van der Waals surface area contributed by atoms with Crippen LogP contribution in [0.25, 0.3) is 11.1 Å². The molecule has 0 aliphatic rings. The number of benzene rings is 2. The van der Waals surface area contributed by atoms with Gasteiger partial charge in [0.2, 0.25) is 0 Å². The van der Waals surface area contributed by atoms with E-state index in [-0.39, 0.29) is 0 Å². The average molecular weight is 277 g/mol. The molecule has 0 aliphatic heterocycles. The molecule has 3 nitrogen and oxygen atoms in total.